The van der Waals surface area contributed by atoms with E-state index in [1.54, 1.807) is 55.8 Å². The van der Waals surface area contributed by atoms with Gasteiger partial charge < -0.3 is 71.1 Å². The van der Waals surface area contributed by atoms with E-state index in [9.17, 15) is 33.6 Å². The first-order valence-corrected chi connectivity index (χ1v) is 29.6. The minimum Gasteiger partial charge on any atom is -0.460 e. The molecule has 0 bridgehead atoms. The average molecular weight is 1250 g/mol. The molecular formula is C65H114O22. The van der Waals surface area contributed by atoms with E-state index in [0.29, 0.717) is 145 Å². The second-order valence-corrected chi connectivity index (χ2v) is 18.8. The molecule has 0 aliphatic carbocycles. The predicted molar refractivity (Wildman–Crippen MR) is 337 cm³/mol. The molecule has 0 N–H and O–H groups in total. The highest BCUT2D eigenvalue weighted by Crippen LogP contribution is 2.13. The third-order valence-corrected chi connectivity index (χ3v) is 10.0. The predicted octanol–water partition coefficient (Wildman–Crippen LogP) is 10.4. The van der Waals surface area contributed by atoms with E-state index < -0.39 is 5.97 Å². The summed E-state index contributed by atoms with van der Waals surface area (Å²) in [6, 6.07) is 0. The Morgan fingerprint density at radius 1 is 0.437 bits per heavy atom. The zero-order chi connectivity index (χ0) is 67.5. The summed E-state index contributed by atoms with van der Waals surface area (Å²) in [4.78, 5) is 75.3. The summed E-state index contributed by atoms with van der Waals surface area (Å²) >= 11 is 0. The lowest BCUT2D eigenvalue weighted by Gasteiger charge is -2.14. The first-order chi connectivity index (χ1) is 41.3. The van der Waals surface area contributed by atoms with Crippen molar-refractivity contribution in [2.75, 3.05) is 146 Å². The minimum absolute atomic E-state index is 0.105. The average Bonchev–Trinajstić information content (AvgIpc) is 4.07. The molecule has 1 aliphatic rings. The number of rotatable bonds is 42. The summed E-state index contributed by atoms with van der Waals surface area (Å²) in [6.45, 7) is 53.8. The van der Waals surface area contributed by atoms with Gasteiger partial charge in [0.2, 0.25) is 0 Å². The molecule has 1 heterocycles. The number of hydrogen-bond acceptors (Lipinski definition) is 22. The highest BCUT2D eigenvalue weighted by molar-refractivity contribution is 5.88. The fourth-order valence-corrected chi connectivity index (χ4v) is 5.07. The molecule has 1 rings (SSSR count). The van der Waals surface area contributed by atoms with Gasteiger partial charge in [0, 0.05) is 86.8 Å². The van der Waals surface area contributed by atoms with Crippen LogP contribution in [0.3, 0.4) is 0 Å². The van der Waals surface area contributed by atoms with E-state index in [0.717, 1.165) is 58.0 Å². The lowest BCUT2D eigenvalue weighted by Crippen LogP contribution is -2.17. The molecule has 0 saturated carbocycles. The Morgan fingerprint density at radius 3 is 1.14 bits per heavy atom. The summed E-state index contributed by atoms with van der Waals surface area (Å²) in [5.41, 5.74) is 2.53. The van der Waals surface area contributed by atoms with E-state index in [2.05, 4.69) is 85.8 Å². The molecule has 1 saturated heterocycles. The van der Waals surface area contributed by atoms with Crippen LogP contribution in [0, 0.1) is 5.92 Å². The molecule has 0 aromatic heterocycles. The fraction of sp³-hybridized carbons (Fsp3) is 0.677. The molecule has 87 heavy (non-hydrogen) atoms. The molecule has 1 aliphatic heterocycles. The summed E-state index contributed by atoms with van der Waals surface area (Å²) in [5, 5.41) is 0. The van der Waals surface area contributed by atoms with Crippen molar-refractivity contribution in [3.63, 3.8) is 0 Å². The Hall–Kier alpha value is -5.85. The normalized spacial score (nSPS) is 11.7. The third kappa shape index (κ3) is 76.2. The number of methoxy groups -OCH3 is 2. The van der Waals surface area contributed by atoms with Gasteiger partial charge in [0.05, 0.1) is 59.0 Å². The number of unbranched alkanes of at least 4 members (excludes halogenated alkanes) is 2. The molecule has 0 amide bonds. The number of esters is 7. The molecule has 0 spiro atoms. The third-order valence-electron chi connectivity index (χ3n) is 10.0. The Balaban J connectivity index is -0.000000223. The van der Waals surface area contributed by atoms with Gasteiger partial charge in [0.25, 0.3) is 0 Å². The van der Waals surface area contributed by atoms with Crippen LogP contribution in [0.25, 0.3) is 0 Å². The summed E-state index contributed by atoms with van der Waals surface area (Å²) in [7, 11) is 3.10. The van der Waals surface area contributed by atoms with Crippen molar-refractivity contribution in [1.29, 1.82) is 0 Å². The molecule has 2 unspecified atom stereocenters. The van der Waals surface area contributed by atoms with Crippen LogP contribution in [0.15, 0.2) is 85.6 Å². The SMILES string of the molecule is C=C(C)C(=O)OCC1CCCO1.C=C(C)C(=O)OCCOC.C=C(C)C(=O)OCCOC.C=C(C)C(=O)OCCOCC.C=C(C)C(=O)OCCOCCC.C=C(C)C(=O)OCCOCCCC.C=CC(=O)OCCOCCOCC(CC)CCCC. The quantitative estimate of drug-likeness (QED) is 0.0238. The van der Waals surface area contributed by atoms with Crippen LogP contribution in [0.4, 0.5) is 0 Å². The standard InChI is InChI=1S/C15H28O4.C10H18O3.C9H14O3.C9H16O3.C8H14O3.2C7H12O3/c1-4-7-8-14(5-2)13-18-10-9-17-11-12-19-15(16)6-3;1-4-5-6-12-7-8-13-10(11)9(2)3;1-7(2)9(10)12-6-8-4-3-5-11-8;1-4-5-11-6-7-12-9(10)8(2)3;1-4-10-5-6-11-8(9)7(2)3;2*1-6(2)7(8)10-5-4-9-3/h6,14H,3-5,7-13H2,1-2H3;2,4-8H2,1,3H3;8H,1,3-6H2,2H3;2,4-7H2,1,3H3;2,4-6H2,1,3H3;2*1,4-5H2,2-3H3. The maximum atomic E-state index is 10.9. The van der Waals surface area contributed by atoms with Gasteiger partial charge in [-0.2, -0.15) is 0 Å². The van der Waals surface area contributed by atoms with Gasteiger partial charge in [-0.1, -0.05) is 99.4 Å². The van der Waals surface area contributed by atoms with E-state index in [-0.39, 0.29) is 48.5 Å². The van der Waals surface area contributed by atoms with Gasteiger partial charge in [0.15, 0.2) is 0 Å². The summed E-state index contributed by atoms with van der Waals surface area (Å²) in [5.74, 6) is -1.87. The van der Waals surface area contributed by atoms with Crippen LogP contribution >= 0.6 is 0 Å². The summed E-state index contributed by atoms with van der Waals surface area (Å²) in [6.07, 6.45) is 11.4. The minimum atomic E-state index is -0.415. The highest BCUT2D eigenvalue weighted by Gasteiger charge is 2.17. The molecule has 22 nitrogen and oxygen atoms in total. The molecule has 0 radical (unpaired) electrons. The van der Waals surface area contributed by atoms with Crippen LogP contribution < -0.4 is 0 Å². The molecular weight excluding hydrogens is 1130 g/mol. The molecule has 506 valence electrons. The van der Waals surface area contributed by atoms with Gasteiger partial charge in [0.1, 0.15) is 46.2 Å². The Morgan fingerprint density at radius 2 is 0.793 bits per heavy atom. The van der Waals surface area contributed by atoms with E-state index in [1.807, 2.05) is 13.8 Å². The van der Waals surface area contributed by atoms with Crippen LogP contribution in [-0.2, 0) is 105 Å². The van der Waals surface area contributed by atoms with E-state index in [1.165, 1.54) is 25.7 Å². The van der Waals surface area contributed by atoms with Gasteiger partial charge >= 0.3 is 41.8 Å². The zero-order valence-corrected chi connectivity index (χ0v) is 55.7. The van der Waals surface area contributed by atoms with Crippen molar-refractivity contribution in [3.05, 3.63) is 85.6 Å². The molecule has 22 heteroatoms. The van der Waals surface area contributed by atoms with Crippen LogP contribution in [0.2, 0.25) is 0 Å². The lowest BCUT2D eigenvalue weighted by atomic mass is 10.0. The smallest absolute Gasteiger partial charge is 0.333 e. The zero-order valence-electron chi connectivity index (χ0n) is 55.7. The first kappa shape index (κ1) is 92.3. The monoisotopic (exact) mass is 1250 g/mol. The Kier molecular flexibility index (Phi) is 75.2. The van der Waals surface area contributed by atoms with Crippen LogP contribution in [0.5, 0.6) is 0 Å². The maximum Gasteiger partial charge on any atom is 0.333 e. The Bertz CT molecular complexity index is 1820. The first-order valence-electron chi connectivity index (χ1n) is 29.6. The lowest BCUT2D eigenvalue weighted by molar-refractivity contribution is -0.142. The number of hydrogen-bond donors (Lipinski definition) is 0. The molecule has 1 fully saturated rings. The molecule has 0 aromatic rings. The van der Waals surface area contributed by atoms with Crippen molar-refractivity contribution in [2.24, 2.45) is 5.92 Å². The van der Waals surface area contributed by atoms with E-state index in [4.69, 9.17) is 52.1 Å². The van der Waals surface area contributed by atoms with Crippen molar-refractivity contribution >= 4 is 41.8 Å². The van der Waals surface area contributed by atoms with Gasteiger partial charge in [-0.05, 0) is 86.5 Å². The second-order valence-electron chi connectivity index (χ2n) is 18.8. The highest BCUT2D eigenvalue weighted by atomic mass is 16.6. The van der Waals surface area contributed by atoms with E-state index >= 15 is 0 Å². The van der Waals surface area contributed by atoms with Crippen molar-refractivity contribution in [1.82, 2.24) is 0 Å². The summed E-state index contributed by atoms with van der Waals surface area (Å²) < 4.78 is 74.1. The van der Waals surface area contributed by atoms with Crippen LogP contribution in [-0.4, -0.2) is 194 Å². The van der Waals surface area contributed by atoms with Gasteiger partial charge in [-0.3, -0.25) is 0 Å². The van der Waals surface area contributed by atoms with Crippen molar-refractivity contribution in [3.8, 4) is 0 Å². The second kappa shape index (κ2) is 70.9. The molecule has 0 aromatic carbocycles. The largest absolute Gasteiger partial charge is 0.460 e. The fourth-order valence-electron chi connectivity index (χ4n) is 5.07. The topological polar surface area (TPSA) is 258 Å². The van der Waals surface area contributed by atoms with Crippen molar-refractivity contribution < 1.29 is 105 Å². The van der Waals surface area contributed by atoms with Gasteiger partial charge in [-0.25, -0.2) is 33.6 Å². The van der Waals surface area contributed by atoms with Crippen molar-refractivity contribution in [2.45, 2.75) is 140 Å². The van der Waals surface area contributed by atoms with Crippen LogP contribution in [0.1, 0.15) is 134 Å². The number of carbonyl (C=O) groups is 7. The maximum absolute atomic E-state index is 10.9. The number of carbonyl (C=O) groups excluding carboxylic acids is 7. The molecule has 2 atom stereocenters. The Labute approximate surface area is 522 Å². The number of ether oxygens (including phenoxy) is 15. The van der Waals surface area contributed by atoms with Gasteiger partial charge in [-0.15, -0.1) is 0 Å².